The Balaban J connectivity index is 2.33. The van der Waals surface area contributed by atoms with E-state index < -0.39 is 36.7 Å². The van der Waals surface area contributed by atoms with Gasteiger partial charge in [0.15, 0.2) is 0 Å². The number of halogens is 3. The summed E-state index contributed by atoms with van der Waals surface area (Å²) in [6.45, 7) is 3.27. The largest absolute Gasteiger partial charge is 0.417 e. The van der Waals surface area contributed by atoms with Crippen LogP contribution in [0.15, 0.2) is 58.3 Å². The second-order valence-electron chi connectivity index (χ2n) is 5.90. The monoisotopic (exact) mass is 422 g/mol. The molecule has 0 unspecified atom stereocenters. The number of hydrogen-bond acceptors (Lipinski definition) is 4. The maximum atomic E-state index is 13.0. The maximum Gasteiger partial charge on any atom is 0.417 e. The van der Waals surface area contributed by atoms with Crippen molar-refractivity contribution in [3.8, 4) is 0 Å². The lowest BCUT2D eigenvalue weighted by molar-refractivity contribution is -0.139. The average molecular weight is 422 g/mol. The smallest absolute Gasteiger partial charge is 0.280 e. The van der Waals surface area contributed by atoms with E-state index >= 15 is 0 Å². The summed E-state index contributed by atoms with van der Waals surface area (Å²) in [7, 11) is -8.30. The third-order valence-corrected chi connectivity index (χ3v) is 6.40. The summed E-state index contributed by atoms with van der Waals surface area (Å²) < 4.78 is 92.3. The van der Waals surface area contributed by atoms with Crippen LogP contribution in [0.4, 0.5) is 18.9 Å². The third kappa shape index (κ3) is 5.21. The van der Waals surface area contributed by atoms with Crippen molar-refractivity contribution in [3.05, 3.63) is 54.1 Å². The first-order chi connectivity index (χ1) is 12.3. The molecule has 0 fully saturated rings. The van der Waals surface area contributed by atoms with E-state index in [1.165, 1.54) is 6.07 Å². The molecule has 2 N–H and O–H groups in total. The van der Waals surface area contributed by atoms with Gasteiger partial charge in [-0.2, -0.15) is 13.2 Å². The van der Waals surface area contributed by atoms with Gasteiger partial charge in [-0.15, -0.1) is 0 Å². The second-order valence-corrected chi connectivity index (χ2v) is 9.26. The zero-order valence-electron chi connectivity index (χ0n) is 14.3. The molecule has 0 amide bonds. The molecule has 0 aliphatic carbocycles. The van der Waals surface area contributed by atoms with Crippen LogP contribution in [0.3, 0.4) is 0 Å². The topological polar surface area (TPSA) is 92.3 Å². The Bertz CT molecular complexity index is 1020. The number of rotatable bonds is 6. The first-order valence-corrected chi connectivity index (χ1v) is 10.6. The summed E-state index contributed by atoms with van der Waals surface area (Å²) in [5, 5.41) is 0. The van der Waals surface area contributed by atoms with Gasteiger partial charge in [0.1, 0.15) is 0 Å². The molecule has 0 aliphatic rings. The highest BCUT2D eigenvalue weighted by molar-refractivity contribution is 7.92. The molecule has 0 saturated heterocycles. The lowest BCUT2D eigenvalue weighted by Crippen LogP contribution is -2.30. The van der Waals surface area contributed by atoms with Crippen LogP contribution in [0.2, 0.25) is 0 Å². The number of anilines is 1. The Morgan fingerprint density at radius 1 is 0.852 bits per heavy atom. The molecule has 2 rings (SSSR count). The number of nitrogens with one attached hydrogen (secondary N) is 2. The van der Waals surface area contributed by atoms with Crippen LogP contribution >= 0.6 is 0 Å². The van der Waals surface area contributed by atoms with Crippen molar-refractivity contribution >= 4 is 25.7 Å². The summed E-state index contributed by atoms with van der Waals surface area (Å²) in [6.07, 6.45) is -4.84. The van der Waals surface area contributed by atoms with Gasteiger partial charge in [-0.05, 0) is 50.2 Å². The van der Waals surface area contributed by atoms with Crippen molar-refractivity contribution in [2.45, 2.75) is 35.9 Å². The quantitative estimate of drug-likeness (QED) is 0.748. The van der Waals surface area contributed by atoms with Gasteiger partial charge in [0.2, 0.25) is 10.0 Å². The van der Waals surface area contributed by atoms with Gasteiger partial charge < -0.3 is 0 Å². The fourth-order valence-electron chi connectivity index (χ4n) is 2.23. The van der Waals surface area contributed by atoms with Crippen LogP contribution in [-0.4, -0.2) is 22.9 Å². The molecule has 148 valence electrons. The van der Waals surface area contributed by atoms with Crippen LogP contribution in [0.5, 0.6) is 0 Å². The minimum atomic E-state index is -4.84. The van der Waals surface area contributed by atoms with Gasteiger partial charge in [-0.1, -0.05) is 12.1 Å². The zero-order valence-corrected chi connectivity index (χ0v) is 15.9. The van der Waals surface area contributed by atoms with Crippen molar-refractivity contribution in [1.29, 1.82) is 0 Å². The van der Waals surface area contributed by atoms with E-state index in [-0.39, 0.29) is 16.6 Å². The predicted molar refractivity (Wildman–Crippen MR) is 94.2 cm³/mol. The summed E-state index contributed by atoms with van der Waals surface area (Å²) in [4.78, 5) is -1.02. The Hall–Kier alpha value is -2.11. The Morgan fingerprint density at radius 2 is 1.41 bits per heavy atom. The molecule has 0 bridgehead atoms. The van der Waals surface area contributed by atoms with Crippen LogP contribution in [0.25, 0.3) is 0 Å². The third-order valence-electron chi connectivity index (χ3n) is 3.29. The van der Waals surface area contributed by atoms with Crippen LogP contribution < -0.4 is 9.44 Å². The Labute approximate surface area is 155 Å². The molecule has 0 aliphatic heterocycles. The first-order valence-electron chi connectivity index (χ1n) is 7.64. The SMILES string of the molecule is CC(C)NS(=O)(=O)c1ccc(NS(=O)(=O)c2ccccc2C(F)(F)F)cc1. The summed E-state index contributed by atoms with van der Waals surface area (Å²) >= 11 is 0. The van der Waals surface area contributed by atoms with Crippen LogP contribution in [-0.2, 0) is 26.2 Å². The fourth-order valence-corrected chi connectivity index (χ4v) is 4.76. The predicted octanol–water partition coefficient (Wildman–Crippen LogP) is 3.19. The molecule has 0 heterocycles. The van der Waals surface area contributed by atoms with E-state index in [9.17, 15) is 30.0 Å². The molecule has 2 aromatic rings. The van der Waals surface area contributed by atoms with Crippen molar-refractivity contribution in [3.63, 3.8) is 0 Å². The highest BCUT2D eigenvalue weighted by Gasteiger charge is 2.36. The van der Waals surface area contributed by atoms with Gasteiger partial charge in [0.25, 0.3) is 10.0 Å². The van der Waals surface area contributed by atoms with Crippen molar-refractivity contribution in [1.82, 2.24) is 4.72 Å². The van der Waals surface area contributed by atoms with Crippen LogP contribution in [0.1, 0.15) is 19.4 Å². The van der Waals surface area contributed by atoms with E-state index in [4.69, 9.17) is 0 Å². The molecule has 2 aromatic carbocycles. The zero-order chi connectivity index (χ0) is 20.5. The molecule has 0 saturated carbocycles. The molecule has 0 spiro atoms. The molecule has 6 nitrogen and oxygen atoms in total. The van der Waals surface area contributed by atoms with Gasteiger partial charge in [0, 0.05) is 11.7 Å². The van der Waals surface area contributed by atoms with Gasteiger partial charge >= 0.3 is 6.18 Å². The second kappa shape index (κ2) is 7.49. The summed E-state index contributed by atoms with van der Waals surface area (Å²) in [5.74, 6) is 0. The van der Waals surface area contributed by atoms with Crippen molar-refractivity contribution in [2.24, 2.45) is 0 Å². The van der Waals surface area contributed by atoms with Gasteiger partial charge in [-0.3, -0.25) is 4.72 Å². The lowest BCUT2D eigenvalue weighted by atomic mass is 10.2. The number of sulfonamides is 2. The van der Waals surface area contributed by atoms with E-state index in [1.807, 2.05) is 4.72 Å². The first kappa shape index (κ1) is 21.2. The molecule has 27 heavy (non-hydrogen) atoms. The molecule has 0 radical (unpaired) electrons. The summed E-state index contributed by atoms with van der Waals surface area (Å²) in [5.41, 5.74) is -1.37. The summed E-state index contributed by atoms with van der Waals surface area (Å²) in [6, 6.07) is 8.05. The number of alkyl halides is 3. The molecule has 0 atom stereocenters. The number of hydrogen-bond donors (Lipinski definition) is 2. The van der Waals surface area contributed by atoms with E-state index in [2.05, 4.69) is 4.72 Å². The van der Waals surface area contributed by atoms with Crippen LogP contribution in [0, 0.1) is 0 Å². The van der Waals surface area contributed by atoms with E-state index in [0.717, 1.165) is 36.4 Å². The van der Waals surface area contributed by atoms with Gasteiger partial charge in [0.05, 0.1) is 15.4 Å². The van der Waals surface area contributed by atoms with E-state index in [0.29, 0.717) is 6.07 Å². The lowest BCUT2D eigenvalue weighted by Gasteiger charge is -2.14. The van der Waals surface area contributed by atoms with Gasteiger partial charge in [-0.25, -0.2) is 21.6 Å². The standard InChI is InChI=1S/C16H17F3N2O4S2/c1-11(2)20-26(22,23)13-9-7-12(8-10-13)21-27(24,25)15-6-4-3-5-14(15)16(17,18)19/h3-11,20-21H,1-2H3. The molecule has 0 aromatic heterocycles. The highest BCUT2D eigenvalue weighted by Crippen LogP contribution is 2.34. The molecular formula is C16H17F3N2O4S2. The maximum absolute atomic E-state index is 13.0. The normalized spacial score (nSPS) is 13.0. The number of benzene rings is 2. The minimum absolute atomic E-state index is 0.0736. The van der Waals surface area contributed by atoms with E-state index in [1.54, 1.807) is 13.8 Å². The molecular weight excluding hydrogens is 405 g/mol. The van der Waals surface area contributed by atoms with Crippen molar-refractivity contribution < 1.29 is 30.0 Å². The molecule has 11 heteroatoms. The Kier molecular flexibility index (Phi) is 5.88. The Morgan fingerprint density at radius 3 is 1.93 bits per heavy atom. The fraction of sp³-hybridized carbons (Fsp3) is 0.250. The minimum Gasteiger partial charge on any atom is -0.280 e. The highest BCUT2D eigenvalue weighted by atomic mass is 32.2. The van der Waals surface area contributed by atoms with Crippen molar-refractivity contribution in [2.75, 3.05) is 4.72 Å². The average Bonchev–Trinajstić information content (AvgIpc) is 2.53.